The molecule has 1 amide bonds. The van der Waals surface area contributed by atoms with Crippen molar-refractivity contribution in [1.82, 2.24) is 15.2 Å². The van der Waals surface area contributed by atoms with E-state index in [0.29, 0.717) is 30.7 Å². The van der Waals surface area contributed by atoms with E-state index >= 15 is 0 Å². The van der Waals surface area contributed by atoms with Crippen LogP contribution in [0.3, 0.4) is 0 Å². The van der Waals surface area contributed by atoms with Gasteiger partial charge in [0.1, 0.15) is 0 Å². The van der Waals surface area contributed by atoms with E-state index in [1.54, 1.807) is 18.2 Å². The minimum atomic E-state index is -0.401. The first-order valence-electron chi connectivity index (χ1n) is 10.6. The SMILES string of the molecule is CCN(CCNC(=O)c1cccc2cc3ccccc3nc12)Cc1ccc([N+](=O)[O-])cc1. The van der Waals surface area contributed by atoms with Crippen LogP contribution in [0.15, 0.2) is 72.8 Å². The second-order valence-electron chi connectivity index (χ2n) is 7.61. The fourth-order valence-electron chi connectivity index (χ4n) is 3.74. The van der Waals surface area contributed by atoms with Gasteiger partial charge in [0.15, 0.2) is 0 Å². The van der Waals surface area contributed by atoms with Gasteiger partial charge in [-0.15, -0.1) is 0 Å². The van der Waals surface area contributed by atoms with E-state index in [4.69, 9.17) is 4.98 Å². The van der Waals surface area contributed by atoms with Gasteiger partial charge in [0.2, 0.25) is 0 Å². The number of fused-ring (bicyclic) bond motifs is 2. The zero-order valence-electron chi connectivity index (χ0n) is 17.8. The number of para-hydroxylation sites is 2. The number of nitrogens with zero attached hydrogens (tertiary/aromatic N) is 3. The van der Waals surface area contributed by atoms with Crippen molar-refractivity contribution in [3.8, 4) is 0 Å². The minimum absolute atomic E-state index is 0.0838. The molecule has 0 unspecified atom stereocenters. The number of benzene rings is 3. The molecule has 4 aromatic rings. The fraction of sp³-hybridized carbons (Fsp3) is 0.200. The summed E-state index contributed by atoms with van der Waals surface area (Å²) in [4.78, 5) is 30.2. The average Bonchev–Trinajstić information content (AvgIpc) is 2.81. The van der Waals surface area contributed by atoms with Gasteiger partial charge in [-0.1, -0.05) is 49.4 Å². The zero-order valence-corrected chi connectivity index (χ0v) is 17.8. The molecular formula is C25H24N4O3. The molecule has 0 spiro atoms. The lowest BCUT2D eigenvalue weighted by atomic mass is 10.1. The number of aromatic nitrogens is 1. The van der Waals surface area contributed by atoms with Gasteiger partial charge in [0.05, 0.1) is 21.5 Å². The van der Waals surface area contributed by atoms with E-state index in [1.807, 2.05) is 43.3 Å². The van der Waals surface area contributed by atoms with E-state index in [0.717, 1.165) is 28.4 Å². The highest BCUT2D eigenvalue weighted by molar-refractivity contribution is 6.07. The summed E-state index contributed by atoms with van der Waals surface area (Å²) in [5, 5.41) is 15.8. The van der Waals surface area contributed by atoms with Gasteiger partial charge in [0.25, 0.3) is 11.6 Å². The van der Waals surface area contributed by atoms with Crippen molar-refractivity contribution in [2.24, 2.45) is 0 Å². The predicted octanol–water partition coefficient (Wildman–Crippen LogP) is 4.55. The molecule has 0 saturated heterocycles. The highest BCUT2D eigenvalue weighted by atomic mass is 16.6. The molecule has 1 N–H and O–H groups in total. The third kappa shape index (κ3) is 4.73. The van der Waals surface area contributed by atoms with Crippen molar-refractivity contribution in [2.75, 3.05) is 19.6 Å². The quantitative estimate of drug-likeness (QED) is 0.253. The number of nitrogens with one attached hydrogen (secondary N) is 1. The molecule has 0 aliphatic carbocycles. The molecule has 32 heavy (non-hydrogen) atoms. The Hall–Kier alpha value is -3.84. The second-order valence-corrected chi connectivity index (χ2v) is 7.61. The number of hydrogen-bond acceptors (Lipinski definition) is 5. The smallest absolute Gasteiger partial charge is 0.269 e. The number of nitro benzene ring substituents is 1. The summed E-state index contributed by atoms with van der Waals surface area (Å²) in [6, 6.07) is 22.1. The Kier molecular flexibility index (Phi) is 6.37. The molecule has 1 heterocycles. The van der Waals surface area contributed by atoms with Crippen LogP contribution in [-0.2, 0) is 6.54 Å². The molecule has 0 saturated carbocycles. The Morgan fingerprint density at radius 2 is 1.78 bits per heavy atom. The van der Waals surface area contributed by atoms with Crippen molar-refractivity contribution in [3.63, 3.8) is 0 Å². The van der Waals surface area contributed by atoms with Crippen LogP contribution in [0.4, 0.5) is 5.69 Å². The molecular weight excluding hydrogens is 404 g/mol. The monoisotopic (exact) mass is 428 g/mol. The van der Waals surface area contributed by atoms with Gasteiger partial charge >= 0.3 is 0 Å². The first-order chi connectivity index (χ1) is 15.5. The average molecular weight is 428 g/mol. The lowest BCUT2D eigenvalue weighted by Gasteiger charge is -2.20. The number of likely N-dealkylation sites (N-methyl/N-ethyl adjacent to an activating group) is 1. The summed E-state index contributed by atoms with van der Waals surface area (Å²) in [5.74, 6) is -0.148. The van der Waals surface area contributed by atoms with Crippen LogP contribution in [0, 0.1) is 10.1 Å². The Bertz CT molecular complexity index is 1270. The Morgan fingerprint density at radius 3 is 2.53 bits per heavy atom. The van der Waals surface area contributed by atoms with Crippen molar-refractivity contribution in [1.29, 1.82) is 0 Å². The van der Waals surface area contributed by atoms with Crippen LogP contribution in [-0.4, -0.2) is 40.3 Å². The topological polar surface area (TPSA) is 88.4 Å². The summed E-state index contributed by atoms with van der Waals surface area (Å²) < 4.78 is 0. The third-order valence-corrected chi connectivity index (χ3v) is 5.51. The first kappa shape index (κ1) is 21.4. The van der Waals surface area contributed by atoms with Crippen molar-refractivity contribution >= 4 is 33.4 Å². The van der Waals surface area contributed by atoms with Crippen LogP contribution in [0.1, 0.15) is 22.8 Å². The van der Waals surface area contributed by atoms with Crippen LogP contribution < -0.4 is 5.32 Å². The number of carbonyl (C=O) groups excluding carboxylic acids is 1. The molecule has 0 bridgehead atoms. The number of nitro groups is 1. The molecule has 3 aromatic carbocycles. The highest BCUT2D eigenvalue weighted by Gasteiger charge is 2.13. The van der Waals surface area contributed by atoms with Gasteiger partial charge < -0.3 is 5.32 Å². The molecule has 0 atom stereocenters. The van der Waals surface area contributed by atoms with Gasteiger partial charge in [-0.3, -0.25) is 19.8 Å². The Morgan fingerprint density at radius 1 is 1.03 bits per heavy atom. The lowest BCUT2D eigenvalue weighted by molar-refractivity contribution is -0.384. The minimum Gasteiger partial charge on any atom is -0.351 e. The van der Waals surface area contributed by atoms with Crippen LogP contribution >= 0.6 is 0 Å². The fourth-order valence-corrected chi connectivity index (χ4v) is 3.74. The van der Waals surface area contributed by atoms with Crippen molar-refractivity contribution in [2.45, 2.75) is 13.5 Å². The van der Waals surface area contributed by atoms with E-state index < -0.39 is 4.92 Å². The number of rotatable bonds is 8. The van der Waals surface area contributed by atoms with E-state index in [2.05, 4.69) is 16.3 Å². The van der Waals surface area contributed by atoms with Crippen LogP contribution in [0.5, 0.6) is 0 Å². The molecule has 7 nitrogen and oxygen atoms in total. The molecule has 0 radical (unpaired) electrons. The lowest BCUT2D eigenvalue weighted by Crippen LogP contribution is -2.34. The van der Waals surface area contributed by atoms with E-state index in [-0.39, 0.29) is 11.6 Å². The maximum absolute atomic E-state index is 12.9. The number of amides is 1. The number of carbonyl (C=O) groups is 1. The largest absolute Gasteiger partial charge is 0.351 e. The first-order valence-corrected chi connectivity index (χ1v) is 10.6. The normalized spacial score (nSPS) is 11.2. The van der Waals surface area contributed by atoms with Gasteiger partial charge in [-0.2, -0.15) is 0 Å². The maximum Gasteiger partial charge on any atom is 0.269 e. The van der Waals surface area contributed by atoms with E-state index in [9.17, 15) is 14.9 Å². The van der Waals surface area contributed by atoms with Crippen molar-refractivity contribution in [3.05, 3.63) is 94.0 Å². The third-order valence-electron chi connectivity index (χ3n) is 5.51. The van der Waals surface area contributed by atoms with Crippen LogP contribution in [0.25, 0.3) is 21.8 Å². The molecule has 0 aliphatic rings. The second kappa shape index (κ2) is 9.53. The van der Waals surface area contributed by atoms with Crippen molar-refractivity contribution < 1.29 is 9.72 Å². The Balaban J connectivity index is 1.41. The molecule has 1 aromatic heterocycles. The number of hydrogen-bond donors (Lipinski definition) is 1. The summed E-state index contributed by atoms with van der Waals surface area (Å²) in [7, 11) is 0. The summed E-state index contributed by atoms with van der Waals surface area (Å²) in [6.07, 6.45) is 0. The molecule has 4 rings (SSSR count). The summed E-state index contributed by atoms with van der Waals surface area (Å²) >= 11 is 0. The van der Waals surface area contributed by atoms with Gasteiger partial charge in [-0.05, 0) is 30.3 Å². The molecule has 7 heteroatoms. The van der Waals surface area contributed by atoms with Gasteiger partial charge in [0, 0.05) is 42.5 Å². The highest BCUT2D eigenvalue weighted by Crippen LogP contribution is 2.22. The number of non-ortho nitro benzene ring substituents is 1. The standard InChI is InChI=1S/C25H24N4O3/c1-2-28(17-18-10-12-21(13-11-18)29(31)32)15-14-26-25(30)22-8-5-7-20-16-19-6-3-4-9-23(19)27-24(20)22/h3-13,16H,2,14-15,17H2,1H3,(H,26,30). The maximum atomic E-state index is 12.9. The summed E-state index contributed by atoms with van der Waals surface area (Å²) in [6.45, 7) is 4.66. The van der Waals surface area contributed by atoms with E-state index in [1.165, 1.54) is 12.1 Å². The predicted molar refractivity (Wildman–Crippen MR) is 126 cm³/mol. The number of pyridine rings is 1. The van der Waals surface area contributed by atoms with Crippen LogP contribution in [0.2, 0.25) is 0 Å². The molecule has 0 aliphatic heterocycles. The Labute approximate surface area is 185 Å². The summed E-state index contributed by atoms with van der Waals surface area (Å²) in [5.41, 5.74) is 3.20. The zero-order chi connectivity index (χ0) is 22.5. The molecule has 162 valence electrons. The van der Waals surface area contributed by atoms with Gasteiger partial charge in [-0.25, -0.2) is 4.98 Å². The molecule has 0 fully saturated rings.